The molecule has 0 spiro atoms. The SMILES string of the molecule is CN(C)CC(CONC=O)CC1=CCCC1. The van der Waals surface area contributed by atoms with Gasteiger partial charge in [0.05, 0.1) is 6.61 Å². The molecule has 1 aliphatic rings. The Morgan fingerprint density at radius 2 is 2.44 bits per heavy atom. The van der Waals surface area contributed by atoms with E-state index in [-0.39, 0.29) is 0 Å². The van der Waals surface area contributed by atoms with Crippen LogP contribution in [0.15, 0.2) is 11.6 Å². The Labute approximate surface area is 97.6 Å². The fourth-order valence-electron chi connectivity index (χ4n) is 2.19. The predicted octanol–water partition coefficient (Wildman–Crippen LogP) is 1.34. The Balaban J connectivity index is 2.32. The number of rotatable bonds is 8. The first-order valence-electron chi connectivity index (χ1n) is 5.86. The van der Waals surface area contributed by atoms with Crippen LogP contribution in [0.2, 0.25) is 0 Å². The highest BCUT2D eigenvalue weighted by Crippen LogP contribution is 2.24. The number of carbonyl (C=O) groups excluding carboxylic acids is 1. The molecule has 92 valence electrons. The number of hydroxylamine groups is 1. The molecule has 4 heteroatoms. The molecule has 4 nitrogen and oxygen atoms in total. The Hall–Kier alpha value is -0.870. The molecule has 0 heterocycles. The highest BCUT2D eigenvalue weighted by Gasteiger charge is 2.15. The van der Waals surface area contributed by atoms with Gasteiger partial charge in [0.15, 0.2) is 0 Å². The van der Waals surface area contributed by atoms with Gasteiger partial charge in [0.2, 0.25) is 6.41 Å². The van der Waals surface area contributed by atoms with E-state index >= 15 is 0 Å². The molecule has 0 aromatic heterocycles. The molecule has 0 radical (unpaired) electrons. The van der Waals surface area contributed by atoms with Crippen LogP contribution in [-0.4, -0.2) is 38.6 Å². The Morgan fingerprint density at radius 1 is 1.62 bits per heavy atom. The lowest BCUT2D eigenvalue weighted by atomic mass is 9.99. The fraction of sp³-hybridized carbons (Fsp3) is 0.750. The van der Waals surface area contributed by atoms with Gasteiger partial charge in [-0.2, -0.15) is 0 Å². The van der Waals surface area contributed by atoms with Gasteiger partial charge < -0.3 is 4.90 Å². The second-order valence-corrected chi connectivity index (χ2v) is 4.63. The van der Waals surface area contributed by atoms with Crippen LogP contribution >= 0.6 is 0 Å². The van der Waals surface area contributed by atoms with Crippen molar-refractivity contribution in [1.82, 2.24) is 10.4 Å². The van der Waals surface area contributed by atoms with Gasteiger partial charge in [0.25, 0.3) is 0 Å². The van der Waals surface area contributed by atoms with Gasteiger partial charge in [-0.1, -0.05) is 11.6 Å². The molecule has 1 atom stereocenters. The van der Waals surface area contributed by atoms with Crippen LogP contribution in [0.5, 0.6) is 0 Å². The summed E-state index contributed by atoms with van der Waals surface area (Å²) >= 11 is 0. The lowest BCUT2D eigenvalue weighted by Crippen LogP contribution is -2.28. The first-order chi connectivity index (χ1) is 7.72. The van der Waals surface area contributed by atoms with Gasteiger partial charge in [-0.3, -0.25) is 9.63 Å². The highest BCUT2D eigenvalue weighted by atomic mass is 16.6. The van der Waals surface area contributed by atoms with Crippen molar-refractivity contribution in [3.8, 4) is 0 Å². The molecule has 0 bridgehead atoms. The van der Waals surface area contributed by atoms with E-state index < -0.39 is 0 Å². The largest absolute Gasteiger partial charge is 0.309 e. The van der Waals surface area contributed by atoms with Gasteiger partial charge in [0.1, 0.15) is 0 Å². The minimum atomic E-state index is 0.451. The van der Waals surface area contributed by atoms with Gasteiger partial charge in [-0.25, -0.2) is 5.48 Å². The van der Waals surface area contributed by atoms with E-state index in [1.165, 1.54) is 19.3 Å². The topological polar surface area (TPSA) is 41.6 Å². The molecule has 1 N–H and O–H groups in total. The minimum Gasteiger partial charge on any atom is -0.309 e. The van der Waals surface area contributed by atoms with Crippen LogP contribution in [0, 0.1) is 5.92 Å². The van der Waals surface area contributed by atoms with E-state index in [9.17, 15) is 4.79 Å². The summed E-state index contributed by atoms with van der Waals surface area (Å²) < 4.78 is 0. The molecule has 0 aromatic rings. The molecule has 0 aliphatic heterocycles. The zero-order chi connectivity index (χ0) is 11.8. The Morgan fingerprint density at radius 3 is 3.00 bits per heavy atom. The lowest BCUT2D eigenvalue weighted by Gasteiger charge is -2.21. The average molecular weight is 226 g/mol. The first-order valence-corrected chi connectivity index (χ1v) is 5.86. The van der Waals surface area contributed by atoms with Gasteiger partial charge in [-0.05, 0) is 39.8 Å². The molecule has 0 saturated heterocycles. The van der Waals surface area contributed by atoms with Crippen molar-refractivity contribution in [2.75, 3.05) is 27.2 Å². The van der Waals surface area contributed by atoms with Crippen LogP contribution in [-0.2, 0) is 9.63 Å². The zero-order valence-corrected chi connectivity index (χ0v) is 10.2. The van der Waals surface area contributed by atoms with Crippen molar-refractivity contribution in [1.29, 1.82) is 0 Å². The first kappa shape index (κ1) is 13.2. The summed E-state index contributed by atoms with van der Waals surface area (Å²) in [5.41, 5.74) is 3.80. The third kappa shape index (κ3) is 5.28. The summed E-state index contributed by atoms with van der Waals surface area (Å²) in [6, 6.07) is 0. The summed E-state index contributed by atoms with van der Waals surface area (Å²) in [6.45, 7) is 1.56. The summed E-state index contributed by atoms with van der Waals surface area (Å²) in [7, 11) is 4.12. The maximum absolute atomic E-state index is 10.1. The average Bonchev–Trinajstić information content (AvgIpc) is 2.69. The third-order valence-electron chi connectivity index (χ3n) is 2.76. The molecular weight excluding hydrogens is 204 g/mol. The standard InChI is InChI=1S/C12H22N2O2/c1-14(2)8-12(9-16-13-10-15)7-11-5-3-4-6-11/h5,10,12H,3-4,6-9H2,1-2H3,(H,13,15). The molecule has 1 rings (SSSR count). The van der Waals surface area contributed by atoms with E-state index in [1.807, 2.05) is 0 Å². The van der Waals surface area contributed by atoms with Crippen molar-refractivity contribution < 1.29 is 9.63 Å². The second-order valence-electron chi connectivity index (χ2n) is 4.63. The van der Waals surface area contributed by atoms with Crippen LogP contribution in [0.25, 0.3) is 0 Å². The van der Waals surface area contributed by atoms with E-state index in [2.05, 4.69) is 30.6 Å². The fourth-order valence-corrected chi connectivity index (χ4v) is 2.19. The zero-order valence-electron chi connectivity index (χ0n) is 10.2. The number of carbonyl (C=O) groups is 1. The molecule has 16 heavy (non-hydrogen) atoms. The molecule has 0 fully saturated rings. The van der Waals surface area contributed by atoms with Crippen molar-refractivity contribution in [2.45, 2.75) is 25.7 Å². The normalized spacial score (nSPS) is 17.3. The lowest BCUT2D eigenvalue weighted by molar-refractivity contribution is -0.121. The number of hydrogen-bond acceptors (Lipinski definition) is 3. The summed E-state index contributed by atoms with van der Waals surface area (Å²) in [4.78, 5) is 17.3. The summed E-state index contributed by atoms with van der Waals surface area (Å²) in [6.07, 6.45) is 7.73. The molecule has 0 aromatic carbocycles. The van der Waals surface area contributed by atoms with Crippen LogP contribution in [0.4, 0.5) is 0 Å². The molecule has 0 saturated carbocycles. The van der Waals surface area contributed by atoms with Gasteiger partial charge >= 0.3 is 0 Å². The van der Waals surface area contributed by atoms with Crippen molar-refractivity contribution in [3.63, 3.8) is 0 Å². The predicted molar refractivity (Wildman–Crippen MR) is 63.7 cm³/mol. The quantitative estimate of drug-likeness (QED) is 0.294. The van der Waals surface area contributed by atoms with E-state index in [0.29, 0.717) is 18.9 Å². The second kappa shape index (κ2) is 7.41. The molecule has 1 aliphatic carbocycles. The monoisotopic (exact) mass is 226 g/mol. The maximum Gasteiger partial charge on any atom is 0.230 e. The summed E-state index contributed by atoms with van der Waals surface area (Å²) in [5, 5.41) is 0. The summed E-state index contributed by atoms with van der Waals surface area (Å²) in [5.74, 6) is 0.451. The van der Waals surface area contributed by atoms with Crippen molar-refractivity contribution in [3.05, 3.63) is 11.6 Å². The minimum absolute atomic E-state index is 0.451. The van der Waals surface area contributed by atoms with Gasteiger partial charge in [-0.15, -0.1) is 0 Å². The van der Waals surface area contributed by atoms with E-state index in [1.54, 1.807) is 5.57 Å². The van der Waals surface area contributed by atoms with E-state index in [4.69, 9.17) is 4.84 Å². The number of amides is 1. The maximum atomic E-state index is 10.1. The Kier molecular flexibility index (Phi) is 6.11. The van der Waals surface area contributed by atoms with Gasteiger partial charge in [0, 0.05) is 12.5 Å². The van der Waals surface area contributed by atoms with Crippen molar-refractivity contribution in [2.24, 2.45) is 5.92 Å². The van der Waals surface area contributed by atoms with Crippen LogP contribution in [0.3, 0.4) is 0 Å². The third-order valence-corrected chi connectivity index (χ3v) is 2.76. The Bertz CT molecular complexity index is 239. The number of allylic oxidation sites excluding steroid dienone is 2. The highest BCUT2D eigenvalue weighted by molar-refractivity contribution is 5.43. The number of hydrogen-bond donors (Lipinski definition) is 1. The van der Waals surface area contributed by atoms with Crippen LogP contribution < -0.4 is 5.48 Å². The number of nitrogens with one attached hydrogen (secondary N) is 1. The molecular formula is C12H22N2O2. The molecule has 1 unspecified atom stereocenters. The molecule has 1 amide bonds. The smallest absolute Gasteiger partial charge is 0.230 e. The van der Waals surface area contributed by atoms with Crippen molar-refractivity contribution >= 4 is 6.41 Å². The van der Waals surface area contributed by atoms with E-state index in [0.717, 1.165) is 13.0 Å². The van der Waals surface area contributed by atoms with Crippen LogP contribution in [0.1, 0.15) is 25.7 Å². The number of nitrogens with zero attached hydrogens (tertiary/aromatic N) is 1.